The second-order valence-electron chi connectivity index (χ2n) is 6.19. The van der Waals surface area contributed by atoms with Crippen LogP contribution in [0.5, 0.6) is 0 Å². The van der Waals surface area contributed by atoms with Crippen LogP contribution in [0.15, 0.2) is 0 Å². The van der Waals surface area contributed by atoms with Crippen LogP contribution in [-0.2, 0) is 9.59 Å². The van der Waals surface area contributed by atoms with Gasteiger partial charge >= 0.3 is 0 Å². The Balaban J connectivity index is 2.84. The van der Waals surface area contributed by atoms with Gasteiger partial charge in [0, 0.05) is 12.8 Å². The van der Waals surface area contributed by atoms with Crippen molar-refractivity contribution in [3.63, 3.8) is 0 Å². The van der Waals surface area contributed by atoms with Crippen LogP contribution < -0.4 is 10.6 Å². The van der Waals surface area contributed by atoms with E-state index in [2.05, 4.69) is 34.3 Å². The van der Waals surface area contributed by atoms with Crippen molar-refractivity contribution in [1.29, 1.82) is 0 Å². The topological polar surface area (TPSA) is 58.2 Å². The summed E-state index contributed by atoms with van der Waals surface area (Å²) in [6.07, 6.45) is 0.900. The Morgan fingerprint density at radius 2 is 1.10 bits per heavy atom. The van der Waals surface area contributed by atoms with Gasteiger partial charge in [-0.3, -0.25) is 9.59 Å². The Labute approximate surface area is 121 Å². The maximum Gasteiger partial charge on any atom is 0.227 e. The Hall–Kier alpha value is -1.94. The number of rotatable bonds is 0. The highest BCUT2D eigenvalue weighted by Gasteiger charge is 2.27. The van der Waals surface area contributed by atoms with Gasteiger partial charge in [0.25, 0.3) is 0 Å². The number of amides is 2. The molecule has 1 rings (SSSR count). The average Bonchev–Trinajstić information content (AvgIpc) is 2.36. The van der Waals surface area contributed by atoms with Gasteiger partial charge in [-0.05, 0) is 0 Å². The zero-order valence-electron chi connectivity index (χ0n) is 12.6. The van der Waals surface area contributed by atoms with Crippen LogP contribution in [0.1, 0.15) is 40.5 Å². The second-order valence-corrected chi connectivity index (χ2v) is 6.19. The van der Waals surface area contributed by atoms with Crippen LogP contribution >= 0.6 is 0 Å². The monoisotopic (exact) mass is 274 g/mol. The van der Waals surface area contributed by atoms with Crippen molar-refractivity contribution in [3.8, 4) is 23.7 Å². The van der Waals surface area contributed by atoms with E-state index in [0.717, 1.165) is 0 Å². The Bertz CT molecular complexity index is 462. The molecule has 0 bridgehead atoms. The summed E-state index contributed by atoms with van der Waals surface area (Å²) in [5, 5.41) is 5.57. The zero-order chi connectivity index (χ0) is 15.2. The molecule has 0 aromatic heterocycles. The maximum absolute atomic E-state index is 12.0. The molecule has 1 heterocycles. The lowest BCUT2D eigenvalue weighted by Crippen LogP contribution is -2.38. The van der Waals surface area contributed by atoms with Crippen LogP contribution in [0.3, 0.4) is 0 Å². The van der Waals surface area contributed by atoms with Crippen LogP contribution in [0.25, 0.3) is 0 Å². The van der Waals surface area contributed by atoms with Gasteiger partial charge < -0.3 is 10.6 Å². The molecule has 0 spiro atoms. The van der Waals surface area contributed by atoms with Crippen molar-refractivity contribution in [2.24, 2.45) is 10.8 Å². The molecule has 2 amide bonds. The molecule has 0 radical (unpaired) electrons. The van der Waals surface area contributed by atoms with Crippen LogP contribution in [0.2, 0.25) is 0 Å². The summed E-state index contributed by atoms with van der Waals surface area (Å²) in [6, 6.07) is 0. The molecule has 2 N–H and O–H groups in total. The first-order valence-electron chi connectivity index (χ1n) is 6.74. The van der Waals surface area contributed by atoms with Crippen molar-refractivity contribution < 1.29 is 9.59 Å². The molecule has 4 nitrogen and oxygen atoms in total. The summed E-state index contributed by atoms with van der Waals surface area (Å²) in [4.78, 5) is 23.9. The summed E-state index contributed by atoms with van der Waals surface area (Å²) in [5.74, 6) is 11.6. The van der Waals surface area contributed by atoms with E-state index in [9.17, 15) is 9.59 Å². The Kier molecular flexibility index (Phi) is 5.22. The molecule has 1 aliphatic rings. The van der Waals surface area contributed by atoms with Crippen molar-refractivity contribution in [2.75, 3.05) is 13.1 Å². The fourth-order valence-electron chi connectivity index (χ4n) is 1.58. The summed E-state index contributed by atoms with van der Waals surface area (Å²) < 4.78 is 0. The summed E-state index contributed by atoms with van der Waals surface area (Å²) >= 11 is 0. The summed E-state index contributed by atoms with van der Waals surface area (Å²) in [6.45, 7) is 7.98. The van der Waals surface area contributed by atoms with E-state index in [1.807, 2.05) is 27.7 Å². The van der Waals surface area contributed by atoms with Gasteiger partial charge in [0.15, 0.2) is 0 Å². The van der Waals surface area contributed by atoms with E-state index in [-0.39, 0.29) is 11.8 Å². The van der Waals surface area contributed by atoms with Crippen molar-refractivity contribution in [3.05, 3.63) is 0 Å². The van der Waals surface area contributed by atoms with Crippen molar-refractivity contribution >= 4 is 11.8 Å². The van der Waals surface area contributed by atoms with Crippen molar-refractivity contribution in [1.82, 2.24) is 10.6 Å². The van der Waals surface area contributed by atoms with Gasteiger partial charge in [-0.15, -0.1) is 11.8 Å². The first-order chi connectivity index (χ1) is 9.26. The highest BCUT2D eigenvalue weighted by atomic mass is 16.2. The standard InChI is InChI=1S/C16H22N2O2/c1-15(2)9-5-7-12-18-14(20)16(3,4)10-6-8-11-17-13(15)19/h9-12H2,1-4H3,(H,17,19)(H,18,20). The second kappa shape index (κ2) is 6.48. The third-order valence-electron chi connectivity index (χ3n) is 3.21. The van der Waals surface area contributed by atoms with Crippen LogP contribution in [-0.4, -0.2) is 24.9 Å². The number of nitrogens with one attached hydrogen (secondary N) is 2. The molecule has 1 aliphatic heterocycles. The first-order valence-corrected chi connectivity index (χ1v) is 6.74. The minimum Gasteiger partial charge on any atom is -0.345 e. The van der Waals surface area contributed by atoms with Gasteiger partial charge in [0.1, 0.15) is 0 Å². The third-order valence-corrected chi connectivity index (χ3v) is 3.21. The molecular formula is C16H22N2O2. The van der Waals surface area contributed by atoms with E-state index in [1.54, 1.807) is 0 Å². The SMILES string of the molecule is CC1(C)CC#CCNC(=O)C(C)(C)CC#CCNC1=O. The van der Waals surface area contributed by atoms with Crippen LogP contribution in [0.4, 0.5) is 0 Å². The number of hydrogen-bond donors (Lipinski definition) is 2. The predicted molar refractivity (Wildman–Crippen MR) is 78.4 cm³/mol. The highest BCUT2D eigenvalue weighted by molar-refractivity contribution is 5.83. The molecule has 4 heteroatoms. The number of carbonyl (C=O) groups excluding carboxylic acids is 2. The lowest BCUT2D eigenvalue weighted by molar-refractivity contribution is -0.129. The van der Waals surface area contributed by atoms with E-state index < -0.39 is 10.8 Å². The molecule has 20 heavy (non-hydrogen) atoms. The van der Waals surface area contributed by atoms with Crippen LogP contribution in [0, 0.1) is 34.5 Å². The Morgan fingerprint density at radius 1 is 0.750 bits per heavy atom. The van der Waals surface area contributed by atoms with Crippen molar-refractivity contribution in [2.45, 2.75) is 40.5 Å². The number of carbonyl (C=O) groups is 2. The number of hydrogen-bond acceptors (Lipinski definition) is 2. The quantitative estimate of drug-likeness (QED) is 0.649. The molecule has 0 saturated carbocycles. The van der Waals surface area contributed by atoms with Gasteiger partial charge in [-0.1, -0.05) is 39.5 Å². The highest BCUT2D eigenvalue weighted by Crippen LogP contribution is 2.20. The van der Waals surface area contributed by atoms with Gasteiger partial charge in [-0.25, -0.2) is 0 Å². The fraction of sp³-hybridized carbons (Fsp3) is 0.625. The predicted octanol–water partition coefficient (Wildman–Crippen LogP) is 1.07. The van der Waals surface area contributed by atoms with Gasteiger partial charge in [0.2, 0.25) is 11.8 Å². The minimum atomic E-state index is -0.553. The molecule has 0 fully saturated rings. The smallest absolute Gasteiger partial charge is 0.227 e. The van der Waals surface area contributed by atoms with Gasteiger partial charge in [-0.2, -0.15) is 0 Å². The van der Waals surface area contributed by atoms with Gasteiger partial charge in [0.05, 0.1) is 23.9 Å². The summed E-state index contributed by atoms with van der Waals surface area (Å²) in [5.41, 5.74) is -1.11. The molecule has 108 valence electrons. The lowest BCUT2D eigenvalue weighted by atomic mass is 9.88. The first kappa shape index (κ1) is 16.1. The zero-order valence-corrected chi connectivity index (χ0v) is 12.6. The minimum absolute atomic E-state index is 0.0542. The molecule has 0 aromatic carbocycles. The maximum atomic E-state index is 12.0. The molecule has 0 saturated heterocycles. The average molecular weight is 274 g/mol. The summed E-state index contributed by atoms with van der Waals surface area (Å²) in [7, 11) is 0. The van der Waals surface area contributed by atoms with E-state index in [0.29, 0.717) is 25.9 Å². The molecule has 0 aliphatic carbocycles. The van der Waals surface area contributed by atoms with E-state index in [1.165, 1.54) is 0 Å². The van der Waals surface area contributed by atoms with E-state index >= 15 is 0 Å². The fourth-order valence-corrected chi connectivity index (χ4v) is 1.58. The lowest BCUT2D eigenvalue weighted by Gasteiger charge is -2.21. The normalized spacial score (nSPS) is 22.0. The molecule has 0 atom stereocenters. The largest absolute Gasteiger partial charge is 0.345 e. The molecule has 0 unspecified atom stereocenters. The third kappa shape index (κ3) is 4.63. The molecule has 0 aromatic rings. The van der Waals surface area contributed by atoms with E-state index in [4.69, 9.17) is 0 Å². The Morgan fingerprint density at radius 3 is 1.45 bits per heavy atom. The molecular weight excluding hydrogens is 252 g/mol.